The van der Waals surface area contributed by atoms with Crippen molar-refractivity contribution in [1.29, 1.82) is 0 Å². The summed E-state index contributed by atoms with van der Waals surface area (Å²) in [4.78, 5) is 12.4. The highest BCUT2D eigenvalue weighted by Crippen LogP contribution is 2.15. The molecule has 0 saturated heterocycles. The number of aryl methyl sites for hydroxylation is 1. The molecule has 5 nitrogen and oxygen atoms in total. The molecule has 25 heavy (non-hydrogen) atoms. The summed E-state index contributed by atoms with van der Waals surface area (Å²) in [5.41, 5.74) is 4.13. The first-order valence-corrected chi connectivity index (χ1v) is 8.50. The van der Waals surface area contributed by atoms with E-state index in [0.29, 0.717) is 23.0 Å². The number of aromatic nitrogens is 3. The van der Waals surface area contributed by atoms with Crippen LogP contribution in [-0.2, 0) is 13.0 Å². The number of carbonyl (C=O) groups excluding carboxylic acids is 1. The average Bonchev–Trinajstić information content (AvgIpc) is 3.02. The van der Waals surface area contributed by atoms with Gasteiger partial charge < -0.3 is 5.32 Å². The number of hydrogen-bond acceptors (Lipinski definition) is 3. The summed E-state index contributed by atoms with van der Waals surface area (Å²) in [6.45, 7) is 4.39. The van der Waals surface area contributed by atoms with E-state index in [9.17, 15) is 4.79 Å². The van der Waals surface area contributed by atoms with Gasteiger partial charge in [-0.25, -0.2) is 4.68 Å². The predicted octanol–water partition coefficient (Wildman–Crippen LogP) is 3.72. The number of rotatable bonds is 5. The van der Waals surface area contributed by atoms with Crippen molar-refractivity contribution in [2.75, 3.05) is 0 Å². The fraction of sp³-hybridized carbons (Fsp3) is 0.211. The molecule has 0 radical (unpaired) electrons. The van der Waals surface area contributed by atoms with Crippen molar-refractivity contribution >= 4 is 17.5 Å². The Bertz CT molecular complexity index is 869. The molecule has 0 saturated carbocycles. The van der Waals surface area contributed by atoms with Gasteiger partial charge in [0.15, 0.2) is 5.69 Å². The largest absolute Gasteiger partial charge is 0.347 e. The molecule has 1 aromatic heterocycles. The minimum absolute atomic E-state index is 0.239. The van der Waals surface area contributed by atoms with E-state index in [1.54, 1.807) is 16.8 Å². The maximum absolute atomic E-state index is 12.4. The third-order valence-corrected chi connectivity index (χ3v) is 4.32. The number of amides is 1. The van der Waals surface area contributed by atoms with Gasteiger partial charge in [0.2, 0.25) is 0 Å². The Morgan fingerprint density at radius 3 is 2.36 bits per heavy atom. The molecule has 6 heteroatoms. The minimum Gasteiger partial charge on any atom is -0.347 e. The molecule has 0 atom stereocenters. The first-order chi connectivity index (χ1) is 12.1. The van der Waals surface area contributed by atoms with Gasteiger partial charge in [0, 0.05) is 11.6 Å². The van der Waals surface area contributed by atoms with Crippen LogP contribution in [0.15, 0.2) is 48.5 Å². The van der Waals surface area contributed by atoms with Crippen molar-refractivity contribution in [2.45, 2.75) is 26.8 Å². The van der Waals surface area contributed by atoms with Crippen molar-refractivity contribution in [3.8, 4) is 5.69 Å². The van der Waals surface area contributed by atoms with E-state index in [0.717, 1.165) is 17.7 Å². The van der Waals surface area contributed by atoms with Gasteiger partial charge in [-0.15, -0.1) is 5.10 Å². The number of carbonyl (C=O) groups is 1. The van der Waals surface area contributed by atoms with Crippen LogP contribution in [0.2, 0.25) is 5.02 Å². The van der Waals surface area contributed by atoms with E-state index >= 15 is 0 Å². The number of nitrogens with zero attached hydrogens (tertiary/aromatic N) is 3. The van der Waals surface area contributed by atoms with Crippen LogP contribution in [-0.4, -0.2) is 20.9 Å². The standard InChI is InChI=1S/C19H19ClN4O/c1-3-14-4-6-15(7-5-14)12-21-19(25)18-13(2)24(23-22-18)17-10-8-16(20)9-11-17/h4-11H,3,12H2,1-2H3,(H,21,25). The molecule has 0 unspecified atom stereocenters. The van der Waals surface area contributed by atoms with Crippen LogP contribution < -0.4 is 5.32 Å². The quantitative estimate of drug-likeness (QED) is 0.759. The Morgan fingerprint density at radius 2 is 1.72 bits per heavy atom. The molecule has 1 heterocycles. The molecular weight excluding hydrogens is 336 g/mol. The maximum atomic E-state index is 12.4. The van der Waals surface area contributed by atoms with Crippen molar-refractivity contribution in [3.05, 3.63) is 76.1 Å². The second kappa shape index (κ2) is 7.49. The van der Waals surface area contributed by atoms with E-state index in [1.165, 1.54) is 5.56 Å². The Morgan fingerprint density at radius 1 is 1.08 bits per heavy atom. The molecule has 1 N–H and O–H groups in total. The number of benzene rings is 2. The Balaban J connectivity index is 1.71. The summed E-state index contributed by atoms with van der Waals surface area (Å²) in [7, 11) is 0. The van der Waals surface area contributed by atoms with E-state index < -0.39 is 0 Å². The molecular formula is C19H19ClN4O. The van der Waals surface area contributed by atoms with Crippen molar-refractivity contribution < 1.29 is 4.79 Å². The Hall–Kier alpha value is -2.66. The van der Waals surface area contributed by atoms with Gasteiger partial charge in [-0.05, 0) is 48.7 Å². The lowest BCUT2D eigenvalue weighted by atomic mass is 10.1. The molecule has 3 rings (SSSR count). The fourth-order valence-corrected chi connectivity index (χ4v) is 2.65. The average molecular weight is 355 g/mol. The molecule has 2 aromatic carbocycles. The third kappa shape index (κ3) is 3.88. The van der Waals surface area contributed by atoms with Gasteiger partial charge in [-0.2, -0.15) is 0 Å². The van der Waals surface area contributed by atoms with E-state index in [-0.39, 0.29) is 5.91 Å². The molecule has 128 valence electrons. The zero-order valence-corrected chi connectivity index (χ0v) is 14.9. The zero-order valence-electron chi connectivity index (χ0n) is 14.2. The highest BCUT2D eigenvalue weighted by Gasteiger charge is 2.17. The van der Waals surface area contributed by atoms with Crippen molar-refractivity contribution in [1.82, 2.24) is 20.3 Å². The van der Waals surface area contributed by atoms with E-state index in [4.69, 9.17) is 11.6 Å². The topological polar surface area (TPSA) is 59.8 Å². The van der Waals surface area contributed by atoms with Gasteiger partial charge >= 0.3 is 0 Å². The molecule has 0 fully saturated rings. The molecule has 0 aliphatic heterocycles. The monoisotopic (exact) mass is 354 g/mol. The highest BCUT2D eigenvalue weighted by atomic mass is 35.5. The molecule has 0 spiro atoms. The van der Waals surface area contributed by atoms with Gasteiger partial charge in [-0.1, -0.05) is 48.0 Å². The summed E-state index contributed by atoms with van der Waals surface area (Å²) in [5, 5.41) is 11.6. The molecule has 0 bridgehead atoms. The number of halogens is 1. The van der Waals surface area contributed by atoms with Gasteiger partial charge in [0.05, 0.1) is 11.4 Å². The van der Waals surface area contributed by atoms with Crippen LogP contribution in [0, 0.1) is 6.92 Å². The highest BCUT2D eigenvalue weighted by molar-refractivity contribution is 6.30. The summed E-state index contributed by atoms with van der Waals surface area (Å²) in [6.07, 6.45) is 1.000. The number of nitrogens with one attached hydrogen (secondary N) is 1. The molecule has 1 amide bonds. The molecule has 3 aromatic rings. The summed E-state index contributed by atoms with van der Waals surface area (Å²) in [5.74, 6) is -0.239. The van der Waals surface area contributed by atoms with Gasteiger partial charge in [-0.3, -0.25) is 4.79 Å². The minimum atomic E-state index is -0.239. The molecule has 0 aliphatic carbocycles. The van der Waals surface area contributed by atoms with Gasteiger partial charge in [0.25, 0.3) is 5.91 Å². The van der Waals surface area contributed by atoms with E-state index in [2.05, 4.69) is 34.7 Å². The lowest BCUT2D eigenvalue weighted by Gasteiger charge is -2.06. The van der Waals surface area contributed by atoms with Crippen LogP contribution in [0.5, 0.6) is 0 Å². The Kier molecular flexibility index (Phi) is 5.14. The van der Waals surface area contributed by atoms with Crippen LogP contribution in [0.4, 0.5) is 0 Å². The van der Waals surface area contributed by atoms with Crippen LogP contribution in [0.3, 0.4) is 0 Å². The van der Waals surface area contributed by atoms with Crippen molar-refractivity contribution in [3.63, 3.8) is 0 Å². The fourth-order valence-electron chi connectivity index (χ4n) is 2.53. The van der Waals surface area contributed by atoms with Crippen LogP contribution >= 0.6 is 11.6 Å². The smallest absolute Gasteiger partial charge is 0.274 e. The lowest BCUT2D eigenvalue weighted by molar-refractivity contribution is 0.0945. The first kappa shape index (κ1) is 17.2. The summed E-state index contributed by atoms with van der Waals surface area (Å²) in [6, 6.07) is 15.4. The SMILES string of the molecule is CCc1ccc(CNC(=O)c2nnn(-c3ccc(Cl)cc3)c2C)cc1. The second-order valence-electron chi connectivity index (χ2n) is 5.76. The first-order valence-electron chi connectivity index (χ1n) is 8.12. The van der Waals surface area contributed by atoms with E-state index in [1.807, 2.05) is 31.2 Å². The Labute approximate surface area is 151 Å². The maximum Gasteiger partial charge on any atom is 0.274 e. The normalized spacial score (nSPS) is 10.7. The van der Waals surface area contributed by atoms with Gasteiger partial charge in [0.1, 0.15) is 0 Å². The van der Waals surface area contributed by atoms with Crippen LogP contribution in [0.1, 0.15) is 34.2 Å². The lowest BCUT2D eigenvalue weighted by Crippen LogP contribution is -2.24. The third-order valence-electron chi connectivity index (χ3n) is 4.07. The zero-order chi connectivity index (χ0) is 17.8. The summed E-state index contributed by atoms with van der Waals surface area (Å²) < 4.78 is 1.63. The van der Waals surface area contributed by atoms with Crippen LogP contribution in [0.25, 0.3) is 5.69 Å². The predicted molar refractivity (Wildman–Crippen MR) is 98.1 cm³/mol. The second-order valence-corrected chi connectivity index (χ2v) is 6.20. The van der Waals surface area contributed by atoms with Crippen molar-refractivity contribution in [2.24, 2.45) is 0 Å². The number of hydrogen-bond donors (Lipinski definition) is 1. The summed E-state index contributed by atoms with van der Waals surface area (Å²) >= 11 is 5.90. The molecule has 0 aliphatic rings.